The van der Waals surface area contributed by atoms with E-state index >= 15 is 0 Å². The zero-order chi connectivity index (χ0) is 19.7. The maximum Gasteiger partial charge on any atom is 0.410 e. The molecule has 2 aliphatic rings. The van der Waals surface area contributed by atoms with Crippen LogP contribution >= 0.6 is 0 Å². The first-order valence-electron chi connectivity index (χ1n) is 10.0. The molecule has 3 rings (SSSR count). The predicted molar refractivity (Wildman–Crippen MR) is 106 cm³/mol. The number of carbonyl (C=O) groups is 2. The van der Waals surface area contributed by atoms with E-state index in [0.717, 1.165) is 32.1 Å². The summed E-state index contributed by atoms with van der Waals surface area (Å²) in [5.74, 6) is 0.180. The molecule has 0 radical (unpaired) electrons. The Morgan fingerprint density at radius 1 is 1.22 bits per heavy atom. The summed E-state index contributed by atoms with van der Waals surface area (Å²) in [6.07, 6.45) is 4.05. The first-order chi connectivity index (χ1) is 12.7. The van der Waals surface area contributed by atoms with Crippen LogP contribution in [0.25, 0.3) is 0 Å². The fourth-order valence-electron chi connectivity index (χ4n) is 3.72. The molecule has 1 heterocycles. The van der Waals surface area contributed by atoms with Gasteiger partial charge in [0.15, 0.2) is 0 Å². The number of rotatable bonds is 4. The van der Waals surface area contributed by atoms with Gasteiger partial charge in [-0.25, -0.2) is 4.79 Å². The van der Waals surface area contributed by atoms with Crippen LogP contribution in [0.2, 0.25) is 0 Å². The van der Waals surface area contributed by atoms with Crippen molar-refractivity contribution in [1.82, 2.24) is 10.2 Å². The summed E-state index contributed by atoms with van der Waals surface area (Å²) < 4.78 is 5.43. The molecule has 0 bridgehead atoms. The van der Waals surface area contributed by atoms with Gasteiger partial charge in [-0.1, -0.05) is 29.8 Å². The van der Waals surface area contributed by atoms with E-state index in [1.165, 1.54) is 11.1 Å². The number of carbonyl (C=O) groups excluding carboxylic acids is 2. The lowest BCUT2D eigenvalue weighted by Crippen LogP contribution is -2.49. The van der Waals surface area contributed by atoms with Gasteiger partial charge in [0.1, 0.15) is 5.60 Å². The largest absolute Gasteiger partial charge is 0.444 e. The summed E-state index contributed by atoms with van der Waals surface area (Å²) in [5.41, 5.74) is 1.77. The number of nitrogens with one attached hydrogen (secondary N) is 1. The first kappa shape index (κ1) is 19.7. The fraction of sp³-hybridized carbons (Fsp3) is 0.636. The van der Waals surface area contributed by atoms with Crippen molar-refractivity contribution in [1.29, 1.82) is 0 Å². The first-order valence-corrected chi connectivity index (χ1v) is 10.0. The van der Waals surface area contributed by atoms with E-state index < -0.39 is 5.60 Å². The number of hydrogen-bond donors (Lipinski definition) is 1. The van der Waals surface area contributed by atoms with Crippen molar-refractivity contribution in [2.75, 3.05) is 13.1 Å². The zero-order valence-electron chi connectivity index (χ0n) is 17.0. The van der Waals surface area contributed by atoms with Crippen molar-refractivity contribution in [2.24, 2.45) is 5.41 Å². The number of piperidine rings is 1. The summed E-state index contributed by atoms with van der Waals surface area (Å²) in [6, 6.07) is 8.57. The van der Waals surface area contributed by atoms with E-state index in [1.54, 1.807) is 4.90 Å². The second-order valence-electron chi connectivity index (χ2n) is 9.16. The Morgan fingerprint density at radius 2 is 1.89 bits per heavy atom. The molecule has 1 saturated heterocycles. The summed E-state index contributed by atoms with van der Waals surface area (Å²) in [4.78, 5) is 26.8. The van der Waals surface area contributed by atoms with Gasteiger partial charge in [-0.3, -0.25) is 4.79 Å². The summed E-state index contributed by atoms with van der Waals surface area (Å²) >= 11 is 0. The third kappa shape index (κ3) is 5.24. The minimum absolute atomic E-state index is 0.145. The highest BCUT2D eigenvalue weighted by atomic mass is 16.6. The van der Waals surface area contributed by atoms with Gasteiger partial charge < -0.3 is 15.0 Å². The van der Waals surface area contributed by atoms with Gasteiger partial charge >= 0.3 is 6.09 Å². The molecule has 1 aliphatic heterocycles. The molecule has 0 aromatic heterocycles. The van der Waals surface area contributed by atoms with Crippen LogP contribution in [0.15, 0.2) is 24.3 Å². The van der Waals surface area contributed by atoms with Gasteiger partial charge in [-0.15, -0.1) is 0 Å². The predicted octanol–water partition coefficient (Wildman–Crippen LogP) is 3.83. The number of nitrogens with zero attached hydrogens (tertiary/aromatic N) is 1. The molecule has 0 spiro atoms. The van der Waals surface area contributed by atoms with Crippen molar-refractivity contribution in [3.63, 3.8) is 0 Å². The second kappa shape index (κ2) is 7.53. The third-order valence-electron chi connectivity index (χ3n) is 5.44. The highest BCUT2D eigenvalue weighted by Crippen LogP contribution is 2.48. The molecular formula is C22H32N2O3. The zero-order valence-corrected chi connectivity index (χ0v) is 17.0. The Bertz CT molecular complexity index is 696. The van der Waals surface area contributed by atoms with Crippen LogP contribution in [-0.2, 0) is 16.0 Å². The molecule has 5 heteroatoms. The van der Waals surface area contributed by atoms with Crippen molar-refractivity contribution in [3.8, 4) is 0 Å². The lowest BCUT2D eigenvalue weighted by molar-refractivity contribution is -0.127. The molecule has 1 N–H and O–H groups in total. The quantitative estimate of drug-likeness (QED) is 0.874. The van der Waals surface area contributed by atoms with E-state index in [-0.39, 0.29) is 23.5 Å². The Kier molecular flexibility index (Phi) is 5.50. The molecule has 0 atom stereocenters. The Balaban J connectivity index is 1.49. The minimum Gasteiger partial charge on any atom is -0.444 e. The maximum absolute atomic E-state index is 12.9. The van der Waals surface area contributed by atoms with Crippen molar-refractivity contribution in [2.45, 2.75) is 71.4 Å². The maximum atomic E-state index is 12.9. The highest BCUT2D eigenvalue weighted by Gasteiger charge is 2.50. The van der Waals surface area contributed by atoms with Crippen LogP contribution in [-0.4, -0.2) is 41.6 Å². The highest BCUT2D eigenvalue weighted by molar-refractivity contribution is 5.86. The van der Waals surface area contributed by atoms with E-state index in [4.69, 9.17) is 4.74 Å². The number of aryl methyl sites for hydroxylation is 1. The van der Waals surface area contributed by atoms with E-state index in [1.807, 2.05) is 20.8 Å². The Labute approximate surface area is 162 Å². The van der Waals surface area contributed by atoms with Crippen LogP contribution in [0.3, 0.4) is 0 Å². The van der Waals surface area contributed by atoms with Gasteiger partial charge in [0.2, 0.25) is 5.91 Å². The number of likely N-dealkylation sites (tertiary alicyclic amines) is 1. The molecule has 1 aromatic rings. The van der Waals surface area contributed by atoms with Gasteiger partial charge in [0.25, 0.3) is 0 Å². The molecule has 1 saturated carbocycles. The number of hydrogen-bond acceptors (Lipinski definition) is 3. The van der Waals surface area contributed by atoms with Crippen molar-refractivity contribution in [3.05, 3.63) is 35.4 Å². The third-order valence-corrected chi connectivity index (χ3v) is 5.44. The lowest BCUT2D eigenvalue weighted by Gasteiger charge is -2.34. The van der Waals surface area contributed by atoms with E-state index in [2.05, 4.69) is 36.5 Å². The van der Waals surface area contributed by atoms with E-state index in [9.17, 15) is 9.59 Å². The summed E-state index contributed by atoms with van der Waals surface area (Å²) in [5, 5.41) is 3.25. The second-order valence-corrected chi connectivity index (χ2v) is 9.16. The SMILES string of the molecule is Cc1cccc(CC2(C(=O)NC3CCN(C(=O)OC(C)(C)C)CC3)CC2)c1. The Hall–Kier alpha value is -2.04. The smallest absolute Gasteiger partial charge is 0.410 e. The van der Waals surface area contributed by atoms with Gasteiger partial charge in [0, 0.05) is 19.1 Å². The van der Waals surface area contributed by atoms with Crippen molar-refractivity contribution >= 4 is 12.0 Å². The Morgan fingerprint density at radius 3 is 2.44 bits per heavy atom. The number of ether oxygens (including phenoxy) is 1. The van der Waals surface area contributed by atoms with Gasteiger partial charge in [-0.2, -0.15) is 0 Å². The monoisotopic (exact) mass is 372 g/mol. The minimum atomic E-state index is -0.476. The standard InChI is InChI=1S/C22H32N2O3/c1-16-6-5-7-17(14-16)15-22(10-11-22)19(25)23-18-8-12-24(13-9-18)20(26)27-21(2,3)4/h5-7,14,18H,8-13,15H2,1-4H3,(H,23,25). The average Bonchev–Trinajstić information content (AvgIpc) is 3.35. The number of amides is 2. The van der Waals surface area contributed by atoms with Crippen LogP contribution in [0.1, 0.15) is 57.6 Å². The molecule has 148 valence electrons. The van der Waals surface area contributed by atoms with Gasteiger partial charge in [-0.05, 0) is 65.4 Å². The molecule has 27 heavy (non-hydrogen) atoms. The average molecular weight is 373 g/mol. The van der Waals surface area contributed by atoms with Crippen LogP contribution < -0.4 is 5.32 Å². The summed E-state index contributed by atoms with van der Waals surface area (Å²) in [7, 11) is 0. The van der Waals surface area contributed by atoms with Crippen molar-refractivity contribution < 1.29 is 14.3 Å². The molecule has 1 aliphatic carbocycles. The normalized spacial score (nSPS) is 19.5. The molecule has 0 unspecified atom stereocenters. The van der Waals surface area contributed by atoms with Crippen LogP contribution in [0.4, 0.5) is 4.79 Å². The topological polar surface area (TPSA) is 58.6 Å². The molecule has 5 nitrogen and oxygen atoms in total. The van der Waals surface area contributed by atoms with E-state index in [0.29, 0.717) is 13.1 Å². The van der Waals surface area contributed by atoms with Crippen LogP contribution in [0, 0.1) is 12.3 Å². The molecule has 1 aromatic carbocycles. The fourth-order valence-corrected chi connectivity index (χ4v) is 3.72. The summed E-state index contributed by atoms with van der Waals surface area (Å²) in [6.45, 7) is 8.97. The number of benzene rings is 1. The lowest BCUT2D eigenvalue weighted by atomic mass is 9.93. The van der Waals surface area contributed by atoms with Gasteiger partial charge in [0.05, 0.1) is 5.41 Å². The molecule has 2 amide bonds. The molecule has 2 fully saturated rings. The van der Waals surface area contributed by atoms with Crippen LogP contribution in [0.5, 0.6) is 0 Å². The molecular weight excluding hydrogens is 340 g/mol.